The predicted octanol–water partition coefficient (Wildman–Crippen LogP) is 5.66. The highest BCUT2D eigenvalue weighted by Gasteiger charge is 2.64. The fourth-order valence-electron chi connectivity index (χ4n) is 8.84. The number of hydrogen-bond acceptors (Lipinski definition) is 1. The van der Waals surface area contributed by atoms with Crippen LogP contribution in [0.5, 0.6) is 0 Å². The van der Waals surface area contributed by atoms with Crippen LogP contribution in [0.2, 0.25) is 0 Å². The molecule has 0 amide bonds. The molecule has 128 valence electrons. The van der Waals surface area contributed by atoms with Crippen LogP contribution >= 0.6 is 23.2 Å². The van der Waals surface area contributed by atoms with Gasteiger partial charge in [0.2, 0.25) is 0 Å². The zero-order valence-corrected chi connectivity index (χ0v) is 15.5. The van der Waals surface area contributed by atoms with Crippen molar-refractivity contribution in [2.24, 2.45) is 23.7 Å². The standard InChI is InChI=1S/C20H28Cl2O/c21-17-3-13-1-14(4-17)8-19(7-13,11-17)23-20-9-15-2-16(10-20)6-18(22,5-15)12-20/h13-16H,1-12H2. The smallest absolute Gasteiger partial charge is 0.0712 e. The summed E-state index contributed by atoms with van der Waals surface area (Å²) < 4.78 is 7.21. The molecule has 0 radical (unpaired) electrons. The summed E-state index contributed by atoms with van der Waals surface area (Å²) in [5.41, 5.74) is 0.204. The number of alkyl halides is 2. The van der Waals surface area contributed by atoms with E-state index in [2.05, 4.69) is 0 Å². The molecule has 0 aromatic rings. The summed E-state index contributed by atoms with van der Waals surface area (Å²) in [6, 6.07) is 0. The summed E-state index contributed by atoms with van der Waals surface area (Å²) in [7, 11) is 0. The first kappa shape index (κ1) is 14.7. The van der Waals surface area contributed by atoms with E-state index < -0.39 is 0 Å². The molecule has 4 atom stereocenters. The summed E-state index contributed by atoms with van der Waals surface area (Å²) in [6.07, 6.45) is 15.2. The predicted molar refractivity (Wildman–Crippen MR) is 93.1 cm³/mol. The first-order valence-electron chi connectivity index (χ1n) is 9.93. The number of hydrogen-bond donors (Lipinski definition) is 0. The molecule has 8 aliphatic rings. The maximum Gasteiger partial charge on any atom is 0.0712 e. The highest BCUT2D eigenvalue weighted by molar-refractivity contribution is 6.24. The quantitative estimate of drug-likeness (QED) is 0.581. The summed E-state index contributed by atoms with van der Waals surface area (Å²) in [6.45, 7) is 0. The average Bonchev–Trinajstić information content (AvgIpc) is 2.29. The van der Waals surface area contributed by atoms with Gasteiger partial charge in [-0.3, -0.25) is 0 Å². The van der Waals surface area contributed by atoms with Gasteiger partial charge in [-0.2, -0.15) is 0 Å². The Morgan fingerprint density at radius 2 is 0.913 bits per heavy atom. The van der Waals surface area contributed by atoms with Gasteiger partial charge in [0.25, 0.3) is 0 Å². The van der Waals surface area contributed by atoms with Crippen molar-refractivity contribution in [3.63, 3.8) is 0 Å². The van der Waals surface area contributed by atoms with Crippen molar-refractivity contribution in [3.05, 3.63) is 0 Å². The lowest BCUT2D eigenvalue weighted by atomic mass is 9.51. The van der Waals surface area contributed by atoms with E-state index in [0.717, 1.165) is 36.5 Å². The Kier molecular flexibility index (Phi) is 2.72. The minimum absolute atomic E-state index is 0.0605. The van der Waals surface area contributed by atoms with E-state index in [-0.39, 0.29) is 21.0 Å². The van der Waals surface area contributed by atoms with E-state index in [1.54, 1.807) is 0 Å². The molecule has 4 unspecified atom stereocenters. The fraction of sp³-hybridized carbons (Fsp3) is 1.00. The Balaban J connectivity index is 1.33. The van der Waals surface area contributed by atoms with Gasteiger partial charge in [-0.05, 0) is 101 Å². The van der Waals surface area contributed by atoms with Crippen molar-refractivity contribution >= 4 is 23.2 Å². The molecule has 23 heavy (non-hydrogen) atoms. The lowest BCUT2D eigenvalue weighted by Crippen LogP contribution is -2.64. The van der Waals surface area contributed by atoms with E-state index in [9.17, 15) is 0 Å². The van der Waals surface area contributed by atoms with Gasteiger partial charge in [-0.25, -0.2) is 0 Å². The Labute approximate surface area is 149 Å². The molecular formula is C20H28Cl2O. The maximum atomic E-state index is 7.21. The molecule has 0 aromatic heterocycles. The van der Waals surface area contributed by atoms with E-state index in [1.807, 2.05) is 0 Å². The lowest BCUT2D eigenvalue weighted by Gasteiger charge is -2.65. The monoisotopic (exact) mass is 354 g/mol. The van der Waals surface area contributed by atoms with Crippen LogP contribution in [0.4, 0.5) is 0 Å². The van der Waals surface area contributed by atoms with Crippen molar-refractivity contribution in [1.82, 2.24) is 0 Å². The Morgan fingerprint density at radius 3 is 1.22 bits per heavy atom. The third-order valence-corrected chi connectivity index (χ3v) is 9.19. The molecule has 8 bridgehead atoms. The molecule has 3 heteroatoms. The number of ether oxygens (including phenoxy) is 1. The maximum absolute atomic E-state index is 7.21. The second-order valence-corrected chi connectivity index (χ2v) is 12.3. The Hall–Kier alpha value is 0.540. The van der Waals surface area contributed by atoms with Gasteiger partial charge in [0.1, 0.15) is 0 Å². The van der Waals surface area contributed by atoms with Crippen LogP contribution in [-0.2, 0) is 4.74 Å². The normalized spacial score (nSPS) is 65.5. The molecule has 0 aliphatic heterocycles. The zero-order chi connectivity index (χ0) is 15.5. The van der Waals surface area contributed by atoms with Crippen LogP contribution in [0.1, 0.15) is 77.0 Å². The molecule has 0 saturated heterocycles. The molecule has 0 aromatic carbocycles. The largest absolute Gasteiger partial charge is 0.368 e. The van der Waals surface area contributed by atoms with Gasteiger partial charge in [-0.15, -0.1) is 23.2 Å². The Morgan fingerprint density at radius 1 is 0.565 bits per heavy atom. The number of rotatable bonds is 2. The van der Waals surface area contributed by atoms with Crippen LogP contribution in [-0.4, -0.2) is 21.0 Å². The highest BCUT2D eigenvalue weighted by Crippen LogP contribution is 2.66. The van der Waals surface area contributed by atoms with Crippen molar-refractivity contribution in [2.45, 2.75) is 98.0 Å². The van der Waals surface area contributed by atoms with Gasteiger partial charge in [0.15, 0.2) is 0 Å². The molecule has 8 aliphatic carbocycles. The first-order chi connectivity index (χ1) is 10.8. The topological polar surface area (TPSA) is 9.23 Å². The van der Waals surface area contributed by atoms with E-state index in [0.29, 0.717) is 0 Å². The molecule has 8 rings (SSSR count). The average molecular weight is 355 g/mol. The Bertz CT molecular complexity index is 482. The van der Waals surface area contributed by atoms with Gasteiger partial charge < -0.3 is 4.74 Å². The highest BCUT2D eigenvalue weighted by atomic mass is 35.5. The number of halogens is 2. The van der Waals surface area contributed by atoms with Gasteiger partial charge in [-0.1, -0.05) is 0 Å². The SMILES string of the molecule is ClC12CC3CC(C1)CC(OC14CC5CC(CC(Cl)(C5)C1)C4)(C3)C2. The summed E-state index contributed by atoms with van der Waals surface area (Å²) in [4.78, 5) is 0.121. The van der Waals surface area contributed by atoms with Crippen LogP contribution in [0.3, 0.4) is 0 Å². The minimum Gasteiger partial charge on any atom is -0.368 e. The summed E-state index contributed by atoms with van der Waals surface area (Å²) in [5.74, 6) is 3.31. The summed E-state index contributed by atoms with van der Waals surface area (Å²) in [5, 5.41) is 0. The molecule has 8 fully saturated rings. The summed E-state index contributed by atoms with van der Waals surface area (Å²) >= 11 is 14.1. The van der Waals surface area contributed by atoms with Crippen LogP contribution in [0.15, 0.2) is 0 Å². The minimum atomic E-state index is 0.0605. The lowest BCUT2D eigenvalue weighted by molar-refractivity contribution is -0.260. The van der Waals surface area contributed by atoms with Crippen molar-refractivity contribution in [1.29, 1.82) is 0 Å². The van der Waals surface area contributed by atoms with Crippen molar-refractivity contribution in [2.75, 3.05) is 0 Å². The van der Waals surface area contributed by atoms with Gasteiger partial charge >= 0.3 is 0 Å². The first-order valence-corrected chi connectivity index (χ1v) is 10.7. The van der Waals surface area contributed by atoms with Crippen LogP contribution in [0.25, 0.3) is 0 Å². The van der Waals surface area contributed by atoms with E-state index in [4.69, 9.17) is 27.9 Å². The third-order valence-electron chi connectivity index (χ3n) is 8.31. The van der Waals surface area contributed by atoms with Crippen LogP contribution < -0.4 is 0 Å². The molecule has 0 spiro atoms. The van der Waals surface area contributed by atoms with Crippen molar-refractivity contribution < 1.29 is 4.74 Å². The van der Waals surface area contributed by atoms with Crippen molar-refractivity contribution in [3.8, 4) is 0 Å². The third kappa shape index (κ3) is 2.15. The molecule has 1 nitrogen and oxygen atoms in total. The van der Waals surface area contributed by atoms with Crippen LogP contribution in [0, 0.1) is 23.7 Å². The van der Waals surface area contributed by atoms with Gasteiger partial charge in [0.05, 0.1) is 11.2 Å². The van der Waals surface area contributed by atoms with Gasteiger partial charge in [0, 0.05) is 9.75 Å². The molecule has 8 saturated carbocycles. The fourth-order valence-corrected chi connectivity index (χ4v) is 10.2. The second kappa shape index (κ2) is 4.26. The molecule has 0 N–H and O–H groups in total. The molecular weight excluding hydrogens is 327 g/mol. The van der Waals surface area contributed by atoms with E-state index >= 15 is 0 Å². The molecule has 0 heterocycles. The van der Waals surface area contributed by atoms with E-state index in [1.165, 1.54) is 64.2 Å². The zero-order valence-electron chi connectivity index (χ0n) is 14.0. The second-order valence-electron chi connectivity index (χ2n) is 10.7.